The van der Waals surface area contributed by atoms with Gasteiger partial charge in [-0.25, -0.2) is 9.50 Å². The highest BCUT2D eigenvalue weighted by molar-refractivity contribution is 6.09. The fourth-order valence-corrected chi connectivity index (χ4v) is 5.22. The number of hydrogen-bond acceptors (Lipinski definition) is 7. The fourth-order valence-electron chi connectivity index (χ4n) is 5.22. The monoisotopic (exact) mass is 501 g/mol. The van der Waals surface area contributed by atoms with E-state index in [1.54, 1.807) is 29.2 Å². The van der Waals surface area contributed by atoms with Crippen molar-refractivity contribution >= 4 is 28.1 Å². The van der Waals surface area contributed by atoms with E-state index in [2.05, 4.69) is 31.6 Å². The van der Waals surface area contributed by atoms with Gasteiger partial charge in [0.05, 0.1) is 42.3 Å². The van der Waals surface area contributed by atoms with Crippen molar-refractivity contribution in [2.75, 3.05) is 25.0 Å². The van der Waals surface area contributed by atoms with Crippen molar-refractivity contribution in [3.8, 4) is 5.75 Å². The topological polar surface area (TPSA) is 108 Å². The van der Waals surface area contributed by atoms with E-state index in [1.165, 1.54) is 12.8 Å². The molecular formula is C27H31N7O3. The number of carbonyl (C=O) groups is 1. The number of amides is 1. The van der Waals surface area contributed by atoms with Crippen molar-refractivity contribution in [3.63, 3.8) is 0 Å². The minimum atomic E-state index is -0.267. The Morgan fingerprint density at radius 3 is 2.76 bits per heavy atom. The molecule has 3 fully saturated rings. The van der Waals surface area contributed by atoms with Crippen molar-refractivity contribution in [2.24, 2.45) is 5.92 Å². The Morgan fingerprint density at radius 2 is 1.97 bits per heavy atom. The zero-order valence-electron chi connectivity index (χ0n) is 20.7. The molecule has 4 aromatic rings. The molecule has 2 N–H and O–H groups in total. The lowest BCUT2D eigenvalue weighted by Gasteiger charge is -2.35. The highest BCUT2D eigenvalue weighted by Gasteiger charge is 2.28. The van der Waals surface area contributed by atoms with E-state index in [4.69, 9.17) is 14.6 Å². The largest absolute Gasteiger partial charge is 0.491 e. The van der Waals surface area contributed by atoms with Gasteiger partial charge in [-0.15, -0.1) is 0 Å². The van der Waals surface area contributed by atoms with Gasteiger partial charge in [-0.1, -0.05) is 0 Å². The molecule has 10 heteroatoms. The number of nitrogens with zero attached hydrogens (tertiary/aromatic N) is 5. The quantitative estimate of drug-likeness (QED) is 0.380. The average molecular weight is 502 g/mol. The van der Waals surface area contributed by atoms with E-state index in [-0.39, 0.29) is 5.91 Å². The molecule has 0 unspecified atom stereocenters. The number of rotatable bonds is 8. The molecule has 1 aliphatic heterocycles. The van der Waals surface area contributed by atoms with Crippen LogP contribution in [0.1, 0.15) is 54.9 Å². The lowest BCUT2D eigenvalue weighted by Crippen LogP contribution is -2.50. The van der Waals surface area contributed by atoms with Crippen LogP contribution in [0.5, 0.6) is 5.75 Å². The van der Waals surface area contributed by atoms with Crippen LogP contribution in [0.25, 0.3) is 16.6 Å². The summed E-state index contributed by atoms with van der Waals surface area (Å²) < 4.78 is 16.1. The maximum absolute atomic E-state index is 13.2. The van der Waals surface area contributed by atoms with E-state index in [1.807, 2.05) is 12.1 Å². The molecule has 3 aliphatic rings. The van der Waals surface area contributed by atoms with Crippen molar-refractivity contribution in [2.45, 2.75) is 56.8 Å². The van der Waals surface area contributed by atoms with Crippen molar-refractivity contribution in [1.29, 1.82) is 0 Å². The molecule has 37 heavy (non-hydrogen) atoms. The van der Waals surface area contributed by atoms with E-state index in [9.17, 15) is 4.79 Å². The predicted octanol–water partition coefficient (Wildman–Crippen LogP) is 3.59. The van der Waals surface area contributed by atoms with Crippen LogP contribution in [0, 0.1) is 5.92 Å². The summed E-state index contributed by atoms with van der Waals surface area (Å²) in [5.74, 6) is 0.971. The van der Waals surface area contributed by atoms with Gasteiger partial charge in [0.25, 0.3) is 5.91 Å². The Labute approximate surface area is 214 Å². The molecule has 2 saturated carbocycles. The van der Waals surface area contributed by atoms with E-state index < -0.39 is 0 Å². The zero-order valence-corrected chi connectivity index (χ0v) is 20.7. The number of nitrogens with one attached hydrogen (secondary N) is 2. The second-order valence-corrected chi connectivity index (χ2v) is 10.5. The number of hydrogen-bond donors (Lipinski definition) is 2. The molecular weight excluding hydrogens is 470 g/mol. The van der Waals surface area contributed by atoms with Gasteiger partial charge in [-0.2, -0.15) is 10.2 Å². The number of ether oxygens (including phenoxy) is 2. The lowest BCUT2D eigenvalue weighted by atomic mass is 9.93. The van der Waals surface area contributed by atoms with Crippen LogP contribution in [0.15, 0.2) is 43.0 Å². The Hall–Kier alpha value is -3.50. The van der Waals surface area contributed by atoms with Gasteiger partial charge in [0.15, 0.2) is 5.65 Å². The molecule has 1 aromatic carbocycles. The maximum atomic E-state index is 13.2. The summed E-state index contributed by atoms with van der Waals surface area (Å²) in [7, 11) is 0. The second-order valence-electron chi connectivity index (χ2n) is 10.5. The van der Waals surface area contributed by atoms with E-state index in [0.717, 1.165) is 49.7 Å². The molecule has 1 amide bonds. The Morgan fingerprint density at radius 1 is 1.11 bits per heavy atom. The van der Waals surface area contributed by atoms with Gasteiger partial charge in [0.2, 0.25) is 0 Å². The van der Waals surface area contributed by atoms with Gasteiger partial charge in [0.1, 0.15) is 11.3 Å². The first-order valence-electron chi connectivity index (χ1n) is 13.3. The van der Waals surface area contributed by atoms with Crippen LogP contribution < -0.4 is 15.4 Å². The third-order valence-electron chi connectivity index (χ3n) is 7.71. The molecule has 0 radical (unpaired) electrons. The van der Waals surface area contributed by atoms with Crippen LogP contribution in [0.4, 0.5) is 5.69 Å². The number of aromatic nitrogens is 5. The Balaban J connectivity index is 1.12. The van der Waals surface area contributed by atoms with E-state index >= 15 is 0 Å². The zero-order chi connectivity index (χ0) is 24.8. The normalized spacial score (nSPS) is 22.3. The first-order valence-corrected chi connectivity index (χ1v) is 13.3. The molecule has 0 atom stereocenters. The van der Waals surface area contributed by atoms with Crippen molar-refractivity contribution < 1.29 is 14.3 Å². The van der Waals surface area contributed by atoms with Crippen LogP contribution >= 0.6 is 0 Å². The Bertz CT molecular complexity index is 1430. The average Bonchev–Trinajstić information content (AvgIpc) is 3.47. The standard InChI is InChI=1S/C27H31N7O3/c35-27(22-14-30-33-9-1-8-29-26(22)33)31-24-10-18-15-34(32-23(18)11-25(24)36-16-17-2-3-17)19-4-6-20(7-5-19)37-21-12-28-13-21/h1,8-11,14-15,17,19-21,28H,2-7,12-13,16H2,(H,31,35). The second kappa shape index (κ2) is 9.42. The fraction of sp³-hybridized carbons (Fsp3) is 0.481. The summed E-state index contributed by atoms with van der Waals surface area (Å²) in [5.41, 5.74) is 2.45. The van der Waals surface area contributed by atoms with Crippen LogP contribution in [0.2, 0.25) is 0 Å². The molecule has 0 bridgehead atoms. The summed E-state index contributed by atoms with van der Waals surface area (Å²) in [6.07, 6.45) is 14.4. The van der Waals surface area contributed by atoms with Crippen molar-refractivity contribution in [3.05, 3.63) is 48.5 Å². The molecule has 10 nitrogen and oxygen atoms in total. The highest BCUT2D eigenvalue weighted by Crippen LogP contribution is 2.36. The van der Waals surface area contributed by atoms with Gasteiger partial charge < -0.3 is 20.1 Å². The molecule has 7 rings (SSSR count). The van der Waals surface area contributed by atoms with Gasteiger partial charge >= 0.3 is 0 Å². The highest BCUT2D eigenvalue weighted by atomic mass is 16.5. The summed E-state index contributed by atoms with van der Waals surface area (Å²) in [6, 6.07) is 6.06. The summed E-state index contributed by atoms with van der Waals surface area (Å²) in [5, 5.41) is 16.5. The first kappa shape index (κ1) is 22.7. The minimum Gasteiger partial charge on any atom is -0.491 e. The van der Waals surface area contributed by atoms with Crippen LogP contribution in [-0.2, 0) is 4.74 Å². The number of benzene rings is 1. The third kappa shape index (κ3) is 4.67. The number of carbonyl (C=O) groups excluding carboxylic acids is 1. The van der Waals surface area contributed by atoms with Crippen LogP contribution in [0.3, 0.4) is 0 Å². The van der Waals surface area contributed by atoms with Crippen LogP contribution in [-0.4, -0.2) is 62.2 Å². The Kier molecular flexibility index (Phi) is 5.78. The third-order valence-corrected chi connectivity index (χ3v) is 7.71. The summed E-state index contributed by atoms with van der Waals surface area (Å²) in [6.45, 7) is 2.60. The molecule has 1 saturated heterocycles. The maximum Gasteiger partial charge on any atom is 0.261 e. The molecule has 0 spiro atoms. The van der Waals surface area contributed by atoms with Gasteiger partial charge in [-0.05, 0) is 56.6 Å². The molecule has 2 aliphatic carbocycles. The van der Waals surface area contributed by atoms with Gasteiger partial charge in [0, 0.05) is 43.1 Å². The van der Waals surface area contributed by atoms with E-state index in [0.29, 0.717) is 53.4 Å². The van der Waals surface area contributed by atoms with Gasteiger partial charge in [-0.3, -0.25) is 9.48 Å². The lowest BCUT2D eigenvalue weighted by molar-refractivity contribution is -0.0570. The van der Waals surface area contributed by atoms with Crippen molar-refractivity contribution in [1.82, 2.24) is 29.7 Å². The number of fused-ring (bicyclic) bond motifs is 2. The summed E-state index contributed by atoms with van der Waals surface area (Å²) >= 11 is 0. The first-order chi connectivity index (χ1) is 18.2. The molecule has 4 heterocycles. The SMILES string of the molecule is O=C(Nc1cc2cn(C3CCC(OC4CNC4)CC3)nc2cc1OCC1CC1)c1cnn2cccnc12. The number of anilines is 1. The summed E-state index contributed by atoms with van der Waals surface area (Å²) in [4.78, 5) is 17.5. The molecule has 192 valence electrons. The smallest absolute Gasteiger partial charge is 0.261 e. The predicted molar refractivity (Wildman–Crippen MR) is 138 cm³/mol. The minimum absolute atomic E-state index is 0.267. The molecule has 3 aromatic heterocycles.